The number of hydrogen-bond acceptors (Lipinski definition) is 3. The van der Waals surface area contributed by atoms with E-state index in [2.05, 4.69) is 5.43 Å². The number of nitrogens with one attached hydrogen (secondary N) is 1. The lowest BCUT2D eigenvalue weighted by Crippen LogP contribution is -2.38. The zero-order valence-electron chi connectivity index (χ0n) is 10.7. The molecule has 0 saturated carbocycles. The molecule has 1 rings (SSSR count). The Bertz CT molecular complexity index is 357. The first-order chi connectivity index (χ1) is 8.13. The van der Waals surface area contributed by atoms with Crippen LogP contribution in [0.1, 0.15) is 37.4 Å². The molecule has 0 aliphatic carbocycles. The second kappa shape index (κ2) is 6.69. The number of hydrogen-bond donors (Lipinski definition) is 2. The van der Waals surface area contributed by atoms with Gasteiger partial charge < -0.3 is 4.74 Å². The topological polar surface area (TPSA) is 47.3 Å². The summed E-state index contributed by atoms with van der Waals surface area (Å²) in [6.45, 7) is 6.51. The molecule has 0 amide bonds. The summed E-state index contributed by atoms with van der Waals surface area (Å²) in [7, 11) is 0. The van der Waals surface area contributed by atoms with Gasteiger partial charge in [-0.05, 0) is 43.5 Å². The zero-order valence-corrected chi connectivity index (χ0v) is 10.7. The minimum atomic E-state index is -0.230. The smallest absolute Gasteiger partial charge is 0.123 e. The molecule has 2 atom stereocenters. The van der Waals surface area contributed by atoms with Gasteiger partial charge >= 0.3 is 0 Å². The summed E-state index contributed by atoms with van der Waals surface area (Å²) in [4.78, 5) is 0. The van der Waals surface area contributed by atoms with Crippen molar-refractivity contribution in [3.05, 3.63) is 35.1 Å². The normalized spacial score (nSPS) is 14.6. The Balaban J connectivity index is 2.99. The molecule has 17 heavy (non-hydrogen) atoms. The second-order valence-electron chi connectivity index (χ2n) is 4.05. The molecule has 1 aromatic rings. The van der Waals surface area contributed by atoms with Gasteiger partial charge in [-0.3, -0.25) is 11.3 Å². The van der Waals surface area contributed by atoms with Crippen LogP contribution in [0.5, 0.6) is 0 Å². The number of hydrazine groups is 1. The first kappa shape index (κ1) is 14.1. The summed E-state index contributed by atoms with van der Waals surface area (Å²) in [5, 5.41) is 0. The van der Waals surface area contributed by atoms with Crippen LogP contribution in [0.4, 0.5) is 4.39 Å². The van der Waals surface area contributed by atoms with Crippen molar-refractivity contribution in [2.45, 2.75) is 39.3 Å². The van der Waals surface area contributed by atoms with Crippen molar-refractivity contribution in [2.75, 3.05) is 6.61 Å². The first-order valence-electron chi connectivity index (χ1n) is 5.97. The van der Waals surface area contributed by atoms with Gasteiger partial charge in [0, 0.05) is 6.61 Å². The summed E-state index contributed by atoms with van der Waals surface area (Å²) in [5.41, 5.74) is 4.63. The van der Waals surface area contributed by atoms with Gasteiger partial charge in [0.15, 0.2) is 0 Å². The lowest BCUT2D eigenvalue weighted by atomic mass is 9.96. The van der Waals surface area contributed by atoms with Crippen LogP contribution >= 0.6 is 0 Å². The molecule has 0 spiro atoms. The van der Waals surface area contributed by atoms with Crippen LogP contribution in [0.25, 0.3) is 0 Å². The van der Waals surface area contributed by atoms with Crippen molar-refractivity contribution in [3.63, 3.8) is 0 Å². The van der Waals surface area contributed by atoms with Crippen molar-refractivity contribution in [1.82, 2.24) is 5.43 Å². The van der Waals surface area contributed by atoms with Crippen molar-refractivity contribution in [3.8, 4) is 0 Å². The van der Waals surface area contributed by atoms with Gasteiger partial charge in [-0.1, -0.05) is 13.0 Å². The Morgan fingerprint density at radius 1 is 1.41 bits per heavy atom. The average Bonchev–Trinajstić information content (AvgIpc) is 2.31. The summed E-state index contributed by atoms with van der Waals surface area (Å²) >= 11 is 0. The Morgan fingerprint density at radius 3 is 2.59 bits per heavy atom. The molecular weight excluding hydrogens is 219 g/mol. The first-order valence-corrected chi connectivity index (χ1v) is 5.97. The lowest BCUT2D eigenvalue weighted by molar-refractivity contribution is 0.0312. The molecular formula is C13H21FN2O. The summed E-state index contributed by atoms with van der Waals surface area (Å²) in [5.74, 6) is 5.36. The van der Waals surface area contributed by atoms with Gasteiger partial charge in [-0.2, -0.15) is 0 Å². The molecule has 3 nitrogen and oxygen atoms in total. The Morgan fingerprint density at radius 2 is 2.12 bits per heavy atom. The van der Waals surface area contributed by atoms with Crippen LogP contribution in [-0.2, 0) is 4.74 Å². The van der Waals surface area contributed by atoms with Crippen molar-refractivity contribution in [2.24, 2.45) is 5.84 Å². The van der Waals surface area contributed by atoms with E-state index in [1.807, 2.05) is 20.8 Å². The SMILES string of the molecule is CCOC(CC)C(NN)c1ccc(F)cc1C. The predicted molar refractivity (Wildman–Crippen MR) is 66.9 cm³/mol. The van der Waals surface area contributed by atoms with Crippen molar-refractivity contribution < 1.29 is 9.13 Å². The fourth-order valence-corrected chi connectivity index (χ4v) is 2.05. The van der Waals surface area contributed by atoms with E-state index < -0.39 is 0 Å². The van der Waals surface area contributed by atoms with E-state index >= 15 is 0 Å². The Kier molecular flexibility index (Phi) is 5.55. The third kappa shape index (κ3) is 3.49. The van der Waals surface area contributed by atoms with Crippen LogP contribution in [0.2, 0.25) is 0 Å². The number of ether oxygens (including phenoxy) is 1. The van der Waals surface area contributed by atoms with Gasteiger partial charge in [-0.15, -0.1) is 0 Å². The largest absolute Gasteiger partial charge is 0.376 e. The summed E-state index contributed by atoms with van der Waals surface area (Å²) in [6.07, 6.45) is 0.841. The van der Waals surface area contributed by atoms with E-state index in [0.717, 1.165) is 17.5 Å². The predicted octanol–water partition coefficient (Wildman–Crippen LogP) is 2.45. The summed E-state index contributed by atoms with van der Waals surface area (Å²) in [6, 6.07) is 4.61. The standard InChI is InChI=1S/C13H21FN2O/c1-4-12(17-5-2)13(16-15)11-7-6-10(14)8-9(11)3/h6-8,12-13,16H,4-5,15H2,1-3H3. The van der Waals surface area contributed by atoms with E-state index in [4.69, 9.17) is 10.6 Å². The molecule has 0 radical (unpaired) electrons. The molecule has 0 aromatic heterocycles. The highest BCUT2D eigenvalue weighted by Gasteiger charge is 2.22. The monoisotopic (exact) mass is 240 g/mol. The van der Waals surface area contributed by atoms with Crippen molar-refractivity contribution in [1.29, 1.82) is 0 Å². The lowest BCUT2D eigenvalue weighted by Gasteiger charge is -2.27. The highest BCUT2D eigenvalue weighted by Crippen LogP contribution is 2.24. The number of benzene rings is 1. The molecule has 0 aliphatic heterocycles. The average molecular weight is 240 g/mol. The molecule has 4 heteroatoms. The third-order valence-electron chi connectivity index (χ3n) is 2.90. The van der Waals surface area contributed by atoms with Crippen LogP contribution in [0.3, 0.4) is 0 Å². The minimum Gasteiger partial charge on any atom is -0.376 e. The number of aryl methyl sites for hydroxylation is 1. The van der Waals surface area contributed by atoms with Crippen molar-refractivity contribution >= 4 is 0 Å². The van der Waals surface area contributed by atoms with E-state index in [-0.39, 0.29) is 18.0 Å². The van der Waals surface area contributed by atoms with Gasteiger partial charge in [0.25, 0.3) is 0 Å². The van der Waals surface area contributed by atoms with Gasteiger partial charge in [-0.25, -0.2) is 4.39 Å². The maximum atomic E-state index is 13.1. The fourth-order valence-electron chi connectivity index (χ4n) is 2.05. The van der Waals surface area contributed by atoms with Crippen LogP contribution in [-0.4, -0.2) is 12.7 Å². The van der Waals surface area contributed by atoms with Gasteiger partial charge in [0.05, 0.1) is 12.1 Å². The Labute approximate surface area is 102 Å². The number of halogens is 1. The van der Waals surface area contributed by atoms with E-state index in [1.165, 1.54) is 12.1 Å². The molecule has 0 bridgehead atoms. The summed E-state index contributed by atoms with van der Waals surface area (Å²) < 4.78 is 18.7. The molecule has 0 saturated heterocycles. The quantitative estimate of drug-likeness (QED) is 0.593. The van der Waals surface area contributed by atoms with Crippen LogP contribution in [0, 0.1) is 12.7 Å². The van der Waals surface area contributed by atoms with Gasteiger partial charge in [0.1, 0.15) is 5.82 Å². The van der Waals surface area contributed by atoms with E-state index in [0.29, 0.717) is 6.61 Å². The van der Waals surface area contributed by atoms with Crippen LogP contribution in [0.15, 0.2) is 18.2 Å². The maximum absolute atomic E-state index is 13.1. The molecule has 0 heterocycles. The number of rotatable bonds is 6. The fraction of sp³-hybridized carbons (Fsp3) is 0.538. The molecule has 3 N–H and O–H groups in total. The number of nitrogens with two attached hydrogens (primary N) is 1. The highest BCUT2D eigenvalue weighted by molar-refractivity contribution is 5.30. The van der Waals surface area contributed by atoms with Gasteiger partial charge in [0.2, 0.25) is 0 Å². The molecule has 0 aliphatic rings. The third-order valence-corrected chi connectivity index (χ3v) is 2.90. The minimum absolute atomic E-state index is 0.00541. The second-order valence-corrected chi connectivity index (χ2v) is 4.05. The molecule has 1 aromatic carbocycles. The van der Waals surface area contributed by atoms with E-state index in [1.54, 1.807) is 6.07 Å². The highest BCUT2D eigenvalue weighted by atomic mass is 19.1. The van der Waals surface area contributed by atoms with E-state index in [9.17, 15) is 4.39 Å². The molecule has 2 unspecified atom stereocenters. The molecule has 96 valence electrons. The molecule has 0 fully saturated rings. The van der Waals surface area contributed by atoms with Crippen LogP contribution < -0.4 is 11.3 Å². The Hall–Kier alpha value is -0.970. The maximum Gasteiger partial charge on any atom is 0.123 e. The zero-order chi connectivity index (χ0) is 12.8.